The van der Waals surface area contributed by atoms with E-state index in [1.807, 2.05) is 0 Å². The summed E-state index contributed by atoms with van der Waals surface area (Å²) < 4.78 is 19.1. The molecule has 2 aromatic carbocycles. The summed E-state index contributed by atoms with van der Waals surface area (Å²) in [6.07, 6.45) is -0.789. The first-order chi connectivity index (χ1) is 9.04. The van der Waals surface area contributed by atoms with Crippen LogP contribution in [0, 0.1) is 5.82 Å². The van der Waals surface area contributed by atoms with Gasteiger partial charge in [0, 0.05) is 16.2 Å². The highest BCUT2D eigenvalue weighted by molar-refractivity contribution is 9.10. The molecule has 3 nitrogen and oxygen atoms in total. The van der Waals surface area contributed by atoms with E-state index in [2.05, 4.69) is 15.9 Å². The summed E-state index contributed by atoms with van der Waals surface area (Å²) in [5.41, 5.74) is 6.89. The first kappa shape index (κ1) is 13.8. The van der Waals surface area contributed by atoms with Crippen LogP contribution in [0.3, 0.4) is 0 Å². The summed E-state index contributed by atoms with van der Waals surface area (Å²) in [4.78, 5) is 0. The van der Waals surface area contributed by atoms with Crippen molar-refractivity contribution in [1.82, 2.24) is 0 Å². The fourth-order valence-corrected chi connectivity index (χ4v) is 2.05. The van der Waals surface area contributed by atoms with Gasteiger partial charge in [-0.15, -0.1) is 0 Å². The Kier molecular flexibility index (Phi) is 4.39. The van der Waals surface area contributed by atoms with Gasteiger partial charge in [-0.1, -0.05) is 28.1 Å². The van der Waals surface area contributed by atoms with Crippen molar-refractivity contribution in [3.8, 4) is 5.75 Å². The Labute approximate surface area is 118 Å². The number of rotatable bonds is 4. The zero-order valence-corrected chi connectivity index (χ0v) is 11.6. The van der Waals surface area contributed by atoms with E-state index in [1.165, 1.54) is 12.1 Å². The predicted octanol–water partition coefficient (Wildman–Crippen LogP) is 3.28. The smallest absolute Gasteiger partial charge is 0.128 e. The second kappa shape index (κ2) is 6.04. The summed E-state index contributed by atoms with van der Waals surface area (Å²) in [5, 5.41) is 9.94. The van der Waals surface area contributed by atoms with E-state index in [9.17, 15) is 9.50 Å². The lowest BCUT2D eigenvalue weighted by molar-refractivity contribution is 0.108. The van der Waals surface area contributed by atoms with Crippen LogP contribution in [0.2, 0.25) is 0 Å². The molecule has 0 saturated heterocycles. The molecule has 0 spiro atoms. The van der Waals surface area contributed by atoms with Crippen LogP contribution in [0.15, 0.2) is 46.9 Å². The summed E-state index contributed by atoms with van der Waals surface area (Å²) in [6.45, 7) is 0.0415. The van der Waals surface area contributed by atoms with Crippen LogP contribution in [0.1, 0.15) is 11.7 Å². The zero-order valence-electron chi connectivity index (χ0n) is 10.0. The highest BCUT2D eigenvalue weighted by Crippen LogP contribution is 2.22. The molecule has 0 amide bonds. The van der Waals surface area contributed by atoms with E-state index >= 15 is 0 Å². The minimum Gasteiger partial charge on any atom is -0.490 e. The number of aliphatic hydroxyl groups excluding tert-OH is 1. The van der Waals surface area contributed by atoms with Gasteiger partial charge in [-0.2, -0.15) is 0 Å². The normalized spacial score (nSPS) is 12.2. The van der Waals surface area contributed by atoms with E-state index in [0.717, 1.165) is 0 Å². The van der Waals surface area contributed by atoms with Crippen molar-refractivity contribution in [2.45, 2.75) is 6.10 Å². The van der Waals surface area contributed by atoms with Gasteiger partial charge < -0.3 is 15.6 Å². The highest BCUT2D eigenvalue weighted by atomic mass is 79.9. The van der Waals surface area contributed by atoms with Crippen LogP contribution in [0.4, 0.5) is 10.1 Å². The van der Waals surface area contributed by atoms with Crippen LogP contribution in [0.25, 0.3) is 0 Å². The maximum absolute atomic E-state index is 13.1. The van der Waals surface area contributed by atoms with Gasteiger partial charge in [-0.3, -0.25) is 0 Å². The maximum atomic E-state index is 13.1. The van der Waals surface area contributed by atoms with Gasteiger partial charge >= 0.3 is 0 Å². The number of ether oxygens (including phenoxy) is 1. The number of anilines is 1. The molecule has 1 unspecified atom stereocenters. The van der Waals surface area contributed by atoms with Crippen LogP contribution in [0.5, 0.6) is 5.75 Å². The number of nitrogen functional groups attached to an aromatic ring is 1. The molecular weight excluding hydrogens is 313 g/mol. The molecule has 0 aromatic heterocycles. The monoisotopic (exact) mass is 325 g/mol. The second-order valence-electron chi connectivity index (χ2n) is 4.10. The molecule has 19 heavy (non-hydrogen) atoms. The Morgan fingerprint density at radius 1 is 1.21 bits per heavy atom. The number of hydrogen-bond donors (Lipinski definition) is 2. The van der Waals surface area contributed by atoms with Gasteiger partial charge in [0.1, 0.15) is 24.3 Å². The van der Waals surface area contributed by atoms with Crippen molar-refractivity contribution >= 4 is 21.6 Å². The maximum Gasteiger partial charge on any atom is 0.128 e. The number of nitrogens with two attached hydrogens (primary N) is 1. The SMILES string of the molecule is Nc1ccc(C(O)COc2cc(F)cc(Br)c2)cc1. The molecule has 100 valence electrons. The molecule has 2 rings (SSSR count). The number of halogens is 2. The Hall–Kier alpha value is -1.59. The van der Waals surface area contributed by atoms with E-state index in [-0.39, 0.29) is 6.61 Å². The number of hydrogen-bond acceptors (Lipinski definition) is 3. The molecule has 2 aromatic rings. The predicted molar refractivity (Wildman–Crippen MR) is 75.4 cm³/mol. The molecule has 0 aliphatic carbocycles. The van der Waals surface area contributed by atoms with Crippen molar-refractivity contribution in [1.29, 1.82) is 0 Å². The van der Waals surface area contributed by atoms with Gasteiger partial charge in [0.2, 0.25) is 0 Å². The molecule has 0 radical (unpaired) electrons. The minimum absolute atomic E-state index is 0.0415. The van der Waals surface area contributed by atoms with Gasteiger partial charge in [-0.05, 0) is 29.8 Å². The lowest BCUT2D eigenvalue weighted by Crippen LogP contribution is -2.09. The average molecular weight is 326 g/mol. The van der Waals surface area contributed by atoms with Crippen LogP contribution < -0.4 is 10.5 Å². The minimum atomic E-state index is -0.789. The van der Waals surface area contributed by atoms with Crippen LogP contribution in [-0.2, 0) is 0 Å². The first-order valence-corrected chi connectivity index (χ1v) is 6.46. The fraction of sp³-hybridized carbons (Fsp3) is 0.143. The first-order valence-electron chi connectivity index (χ1n) is 5.67. The average Bonchev–Trinajstić information content (AvgIpc) is 2.36. The Morgan fingerprint density at radius 2 is 1.89 bits per heavy atom. The summed E-state index contributed by atoms with van der Waals surface area (Å²) >= 11 is 3.18. The standard InChI is InChI=1S/C14H13BrFNO2/c15-10-5-11(16)7-13(6-10)19-8-14(18)9-1-3-12(17)4-2-9/h1-7,14,18H,8,17H2. The van der Waals surface area contributed by atoms with E-state index in [4.69, 9.17) is 10.5 Å². The van der Waals surface area contributed by atoms with Crippen LogP contribution in [-0.4, -0.2) is 11.7 Å². The summed E-state index contributed by atoms with van der Waals surface area (Å²) in [5.74, 6) is -0.0345. The second-order valence-corrected chi connectivity index (χ2v) is 5.01. The molecule has 3 N–H and O–H groups in total. The molecular formula is C14H13BrFNO2. The van der Waals surface area contributed by atoms with Crippen LogP contribution >= 0.6 is 15.9 Å². The molecule has 0 heterocycles. The summed E-state index contributed by atoms with van der Waals surface area (Å²) in [6, 6.07) is 11.1. The molecule has 5 heteroatoms. The number of aliphatic hydroxyl groups is 1. The Bertz CT molecular complexity index is 540. The highest BCUT2D eigenvalue weighted by Gasteiger charge is 2.09. The largest absolute Gasteiger partial charge is 0.490 e. The molecule has 0 fully saturated rings. The summed E-state index contributed by atoms with van der Waals surface area (Å²) in [7, 11) is 0. The molecule has 0 aliphatic heterocycles. The van der Waals surface area contributed by atoms with Crippen molar-refractivity contribution in [2.24, 2.45) is 0 Å². The Morgan fingerprint density at radius 3 is 2.53 bits per heavy atom. The molecule has 0 aliphatic rings. The van der Waals surface area contributed by atoms with Crippen molar-refractivity contribution in [3.05, 3.63) is 58.3 Å². The third kappa shape index (κ3) is 3.94. The molecule has 0 saturated carbocycles. The van der Waals surface area contributed by atoms with E-state index in [1.54, 1.807) is 30.3 Å². The van der Waals surface area contributed by atoms with E-state index in [0.29, 0.717) is 21.5 Å². The Balaban J connectivity index is 1.99. The third-order valence-corrected chi connectivity index (χ3v) is 3.02. The molecule has 0 bridgehead atoms. The van der Waals surface area contributed by atoms with E-state index < -0.39 is 11.9 Å². The van der Waals surface area contributed by atoms with Crippen molar-refractivity contribution < 1.29 is 14.2 Å². The lowest BCUT2D eigenvalue weighted by atomic mass is 10.1. The van der Waals surface area contributed by atoms with Crippen molar-refractivity contribution in [2.75, 3.05) is 12.3 Å². The molecule has 1 atom stereocenters. The topological polar surface area (TPSA) is 55.5 Å². The lowest BCUT2D eigenvalue weighted by Gasteiger charge is -2.13. The quantitative estimate of drug-likeness (QED) is 0.848. The third-order valence-electron chi connectivity index (χ3n) is 2.57. The zero-order chi connectivity index (χ0) is 13.8. The number of benzene rings is 2. The van der Waals surface area contributed by atoms with Gasteiger partial charge in [0.15, 0.2) is 0 Å². The van der Waals surface area contributed by atoms with Gasteiger partial charge in [-0.25, -0.2) is 4.39 Å². The van der Waals surface area contributed by atoms with Gasteiger partial charge in [0.25, 0.3) is 0 Å². The fourth-order valence-electron chi connectivity index (χ4n) is 1.60. The van der Waals surface area contributed by atoms with Crippen molar-refractivity contribution in [3.63, 3.8) is 0 Å². The van der Waals surface area contributed by atoms with Gasteiger partial charge in [0.05, 0.1) is 0 Å².